The van der Waals surface area contributed by atoms with E-state index in [-0.39, 0.29) is 0 Å². The first kappa shape index (κ1) is 14.5. The van der Waals surface area contributed by atoms with Gasteiger partial charge in [-0.2, -0.15) is 0 Å². The lowest BCUT2D eigenvalue weighted by Crippen LogP contribution is -2.48. The summed E-state index contributed by atoms with van der Waals surface area (Å²) in [6.45, 7) is 7.44. The summed E-state index contributed by atoms with van der Waals surface area (Å²) >= 11 is 0. The van der Waals surface area contributed by atoms with Crippen molar-refractivity contribution in [2.75, 3.05) is 26.7 Å². The summed E-state index contributed by atoms with van der Waals surface area (Å²) in [5.74, 6) is 0. The molecule has 1 heterocycles. The molecule has 0 bridgehead atoms. The molecule has 1 N–H and O–H groups in total. The predicted molar refractivity (Wildman–Crippen MR) is 79.3 cm³/mol. The van der Waals surface area contributed by atoms with Crippen LogP contribution in [-0.4, -0.2) is 43.8 Å². The standard InChI is InChI=1S/C16H26N2O/c1-13-12-19-14(2)11-18(13)10-9-16(17-3)15-7-5-4-6-8-15/h4-8,13-14,16-17H,9-12H2,1-3H3. The average molecular weight is 262 g/mol. The van der Waals surface area contributed by atoms with Gasteiger partial charge in [0.15, 0.2) is 0 Å². The molecule has 19 heavy (non-hydrogen) atoms. The van der Waals surface area contributed by atoms with E-state index in [0.29, 0.717) is 18.2 Å². The zero-order valence-electron chi connectivity index (χ0n) is 12.3. The Bertz CT molecular complexity index is 368. The Morgan fingerprint density at radius 1 is 1.32 bits per heavy atom. The molecule has 0 spiro atoms. The maximum Gasteiger partial charge on any atom is 0.0674 e. The lowest BCUT2D eigenvalue weighted by Gasteiger charge is -2.37. The van der Waals surface area contributed by atoms with Crippen LogP contribution in [0.3, 0.4) is 0 Å². The molecule has 106 valence electrons. The minimum Gasteiger partial charge on any atom is -0.376 e. The quantitative estimate of drug-likeness (QED) is 0.882. The highest BCUT2D eigenvalue weighted by molar-refractivity contribution is 5.18. The Labute approximate surface area is 116 Å². The van der Waals surface area contributed by atoms with Gasteiger partial charge in [0.05, 0.1) is 12.7 Å². The first-order chi connectivity index (χ1) is 9.20. The summed E-state index contributed by atoms with van der Waals surface area (Å²) < 4.78 is 5.68. The van der Waals surface area contributed by atoms with Crippen molar-refractivity contribution in [1.82, 2.24) is 10.2 Å². The highest BCUT2D eigenvalue weighted by Crippen LogP contribution is 2.19. The summed E-state index contributed by atoms with van der Waals surface area (Å²) in [4.78, 5) is 2.54. The number of nitrogens with zero attached hydrogens (tertiary/aromatic N) is 1. The lowest BCUT2D eigenvalue weighted by molar-refractivity contribution is -0.0502. The minimum atomic E-state index is 0.362. The topological polar surface area (TPSA) is 24.5 Å². The van der Waals surface area contributed by atoms with Gasteiger partial charge in [-0.1, -0.05) is 30.3 Å². The van der Waals surface area contributed by atoms with Gasteiger partial charge in [0.1, 0.15) is 0 Å². The van der Waals surface area contributed by atoms with Gasteiger partial charge >= 0.3 is 0 Å². The number of nitrogens with one attached hydrogen (secondary N) is 1. The third-order valence-corrected chi connectivity index (χ3v) is 3.99. The van der Waals surface area contributed by atoms with Crippen molar-refractivity contribution in [3.05, 3.63) is 35.9 Å². The van der Waals surface area contributed by atoms with Crippen LogP contribution in [0.5, 0.6) is 0 Å². The smallest absolute Gasteiger partial charge is 0.0674 e. The van der Waals surface area contributed by atoms with Crippen molar-refractivity contribution < 1.29 is 4.74 Å². The third kappa shape index (κ3) is 4.03. The zero-order valence-corrected chi connectivity index (χ0v) is 12.3. The highest BCUT2D eigenvalue weighted by Gasteiger charge is 2.23. The minimum absolute atomic E-state index is 0.362. The van der Waals surface area contributed by atoms with Crippen LogP contribution in [0.4, 0.5) is 0 Å². The number of morpholine rings is 1. The summed E-state index contributed by atoms with van der Waals surface area (Å²) in [6, 6.07) is 11.7. The molecule has 2 rings (SSSR count). The molecule has 3 unspecified atom stereocenters. The van der Waals surface area contributed by atoms with Crippen molar-refractivity contribution in [3.8, 4) is 0 Å². The number of hydrogen-bond acceptors (Lipinski definition) is 3. The van der Waals surface area contributed by atoms with Gasteiger partial charge in [-0.15, -0.1) is 0 Å². The third-order valence-electron chi connectivity index (χ3n) is 3.99. The van der Waals surface area contributed by atoms with E-state index in [1.165, 1.54) is 5.56 Å². The van der Waals surface area contributed by atoms with Gasteiger partial charge in [0, 0.05) is 25.2 Å². The second kappa shape index (κ2) is 7.04. The van der Waals surface area contributed by atoms with E-state index in [1.54, 1.807) is 0 Å². The van der Waals surface area contributed by atoms with Crippen LogP contribution in [0.15, 0.2) is 30.3 Å². The van der Waals surface area contributed by atoms with Gasteiger partial charge in [-0.3, -0.25) is 4.90 Å². The monoisotopic (exact) mass is 262 g/mol. The lowest BCUT2D eigenvalue weighted by atomic mass is 10.0. The molecular formula is C16H26N2O. The first-order valence-corrected chi connectivity index (χ1v) is 7.28. The van der Waals surface area contributed by atoms with Gasteiger partial charge < -0.3 is 10.1 Å². The van der Waals surface area contributed by atoms with Crippen LogP contribution in [0.1, 0.15) is 31.9 Å². The predicted octanol–water partition coefficient (Wildman–Crippen LogP) is 2.45. The van der Waals surface area contributed by atoms with E-state index in [0.717, 1.165) is 26.1 Å². The molecule has 1 fully saturated rings. The molecule has 1 aliphatic rings. The molecule has 1 aromatic rings. The summed E-state index contributed by atoms with van der Waals surface area (Å²) in [5.41, 5.74) is 1.37. The fourth-order valence-corrected chi connectivity index (χ4v) is 2.74. The van der Waals surface area contributed by atoms with Crippen molar-refractivity contribution >= 4 is 0 Å². The second-order valence-corrected chi connectivity index (χ2v) is 5.53. The highest BCUT2D eigenvalue weighted by atomic mass is 16.5. The molecule has 0 amide bonds. The summed E-state index contributed by atoms with van der Waals surface area (Å²) in [7, 11) is 2.04. The number of rotatable bonds is 5. The molecule has 0 radical (unpaired) electrons. The first-order valence-electron chi connectivity index (χ1n) is 7.28. The second-order valence-electron chi connectivity index (χ2n) is 5.53. The van der Waals surface area contributed by atoms with E-state index in [9.17, 15) is 0 Å². The average Bonchev–Trinajstić information content (AvgIpc) is 2.44. The van der Waals surface area contributed by atoms with Gasteiger partial charge in [-0.25, -0.2) is 0 Å². The van der Waals surface area contributed by atoms with Gasteiger partial charge in [-0.05, 0) is 32.9 Å². The molecular weight excluding hydrogens is 236 g/mol. The van der Waals surface area contributed by atoms with Crippen LogP contribution in [-0.2, 0) is 4.74 Å². The van der Waals surface area contributed by atoms with Gasteiger partial charge in [0.2, 0.25) is 0 Å². The molecule has 3 nitrogen and oxygen atoms in total. The molecule has 3 atom stereocenters. The Kier molecular flexibility index (Phi) is 5.37. The zero-order chi connectivity index (χ0) is 13.7. The molecule has 1 aromatic carbocycles. The van der Waals surface area contributed by atoms with E-state index in [4.69, 9.17) is 4.74 Å². The number of ether oxygens (including phenoxy) is 1. The van der Waals surface area contributed by atoms with Crippen LogP contribution in [0.25, 0.3) is 0 Å². The normalized spacial score (nSPS) is 26.3. The van der Waals surface area contributed by atoms with E-state index in [1.807, 2.05) is 7.05 Å². The van der Waals surface area contributed by atoms with E-state index < -0.39 is 0 Å². The Morgan fingerprint density at radius 3 is 2.74 bits per heavy atom. The largest absolute Gasteiger partial charge is 0.376 e. The summed E-state index contributed by atoms with van der Waals surface area (Å²) in [6.07, 6.45) is 1.50. The maximum absolute atomic E-state index is 5.68. The molecule has 3 heteroatoms. The maximum atomic E-state index is 5.68. The Hall–Kier alpha value is -0.900. The molecule has 1 aliphatic heterocycles. The number of hydrogen-bond donors (Lipinski definition) is 1. The Balaban J connectivity index is 1.89. The Morgan fingerprint density at radius 2 is 2.05 bits per heavy atom. The summed E-state index contributed by atoms with van der Waals surface area (Å²) in [5, 5.41) is 3.43. The van der Waals surface area contributed by atoms with Crippen molar-refractivity contribution in [2.24, 2.45) is 0 Å². The van der Waals surface area contributed by atoms with Crippen LogP contribution < -0.4 is 5.32 Å². The van der Waals surface area contributed by atoms with Crippen LogP contribution in [0, 0.1) is 0 Å². The fourth-order valence-electron chi connectivity index (χ4n) is 2.74. The van der Waals surface area contributed by atoms with E-state index >= 15 is 0 Å². The molecule has 0 saturated carbocycles. The SMILES string of the molecule is CNC(CCN1CC(C)OCC1C)c1ccccc1. The molecule has 0 aromatic heterocycles. The van der Waals surface area contributed by atoms with Crippen LogP contribution in [0.2, 0.25) is 0 Å². The van der Waals surface area contributed by atoms with Crippen molar-refractivity contribution in [1.29, 1.82) is 0 Å². The van der Waals surface area contributed by atoms with Gasteiger partial charge in [0.25, 0.3) is 0 Å². The van der Waals surface area contributed by atoms with E-state index in [2.05, 4.69) is 54.4 Å². The fraction of sp³-hybridized carbons (Fsp3) is 0.625. The molecule has 0 aliphatic carbocycles. The van der Waals surface area contributed by atoms with Crippen molar-refractivity contribution in [2.45, 2.75) is 38.5 Å². The van der Waals surface area contributed by atoms with Crippen LogP contribution >= 0.6 is 0 Å². The van der Waals surface area contributed by atoms with Crippen molar-refractivity contribution in [3.63, 3.8) is 0 Å². The number of benzene rings is 1. The molecule has 1 saturated heterocycles.